The molecule has 1 rings (SSSR count). The second-order valence-electron chi connectivity index (χ2n) is 3.92. The van der Waals surface area contributed by atoms with E-state index in [1.807, 2.05) is 0 Å². The highest BCUT2D eigenvalue weighted by Crippen LogP contribution is 2.21. The number of alkyl halides is 2. The fraction of sp³-hybridized carbons (Fsp3) is 0.400. The zero-order valence-corrected chi connectivity index (χ0v) is 10.6. The van der Waals surface area contributed by atoms with Crippen molar-refractivity contribution < 1.29 is 22.0 Å². The minimum atomic E-state index is -3.64. The van der Waals surface area contributed by atoms with Gasteiger partial charge in [-0.05, 0) is 19.1 Å². The molecule has 0 spiro atoms. The number of rotatable bonds is 4. The summed E-state index contributed by atoms with van der Waals surface area (Å²) in [6, 6.07) is 2.68. The fourth-order valence-electron chi connectivity index (χ4n) is 1.26. The third-order valence-corrected chi connectivity index (χ3v) is 2.90. The predicted molar refractivity (Wildman–Crippen MR) is 61.2 cm³/mol. The number of amides is 1. The van der Waals surface area contributed by atoms with Gasteiger partial charge in [0.1, 0.15) is 0 Å². The van der Waals surface area contributed by atoms with E-state index in [-0.39, 0.29) is 10.7 Å². The number of carbonyl (C=O) groups is 1. The fourth-order valence-corrected chi connectivity index (χ4v) is 2.03. The Bertz CT molecular complexity index is 552. The molecule has 0 saturated carbocycles. The number of carbonyl (C=O) groups excluding carboxylic acids is 1. The molecule has 0 unspecified atom stereocenters. The SMILES string of the molecule is CC(F)(F)CC(=O)Nc1cccnc1S(C)(=O)=O. The van der Waals surface area contributed by atoms with Crippen LogP contribution in [0.25, 0.3) is 0 Å². The van der Waals surface area contributed by atoms with Gasteiger partial charge in [0.05, 0.1) is 12.1 Å². The van der Waals surface area contributed by atoms with Crippen molar-refractivity contribution in [3.63, 3.8) is 0 Å². The molecule has 1 aromatic heterocycles. The topological polar surface area (TPSA) is 76.1 Å². The molecule has 0 aliphatic rings. The molecule has 100 valence electrons. The van der Waals surface area contributed by atoms with E-state index in [2.05, 4.69) is 10.3 Å². The standard InChI is InChI=1S/C10H12F2N2O3S/c1-10(11,12)6-8(15)14-7-4-3-5-13-9(7)18(2,16)17/h3-5H,6H2,1-2H3,(H,14,15). The molecular formula is C10H12F2N2O3S. The Morgan fingerprint density at radius 1 is 1.50 bits per heavy atom. The van der Waals surface area contributed by atoms with Gasteiger partial charge in [-0.25, -0.2) is 22.2 Å². The lowest BCUT2D eigenvalue weighted by molar-refractivity contribution is -0.122. The number of anilines is 1. The number of hydrogen-bond donors (Lipinski definition) is 1. The minimum Gasteiger partial charge on any atom is -0.323 e. The van der Waals surface area contributed by atoms with Crippen molar-refractivity contribution in [3.8, 4) is 0 Å². The van der Waals surface area contributed by atoms with Crippen LogP contribution in [0.15, 0.2) is 23.4 Å². The van der Waals surface area contributed by atoms with E-state index in [9.17, 15) is 22.0 Å². The molecule has 0 fully saturated rings. The summed E-state index contributed by atoms with van der Waals surface area (Å²) in [4.78, 5) is 14.9. The lowest BCUT2D eigenvalue weighted by Gasteiger charge is -2.11. The number of aromatic nitrogens is 1. The van der Waals surface area contributed by atoms with Gasteiger partial charge in [0, 0.05) is 12.5 Å². The van der Waals surface area contributed by atoms with Gasteiger partial charge in [-0.1, -0.05) is 0 Å². The Morgan fingerprint density at radius 2 is 2.11 bits per heavy atom. The molecule has 1 heterocycles. The molecule has 0 bridgehead atoms. The highest BCUT2D eigenvalue weighted by molar-refractivity contribution is 7.90. The van der Waals surface area contributed by atoms with E-state index in [4.69, 9.17) is 0 Å². The third kappa shape index (κ3) is 4.36. The number of pyridine rings is 1. The van der Waals surface area contributed by atoms with E-state index in [0.29, 0.717) is 6.92 Å². The molecule has 0 atom stereocenters. The Balaban J connectivity index is 2.96. The normalized spacial score (nSPS) is 12.2. The molecule has 8 heteroatoms. The maximum absolute atomic E-state index is 12.6. The van der Waals surface area contributed by atoms with Crippen molar-refractivity contribution in [3.05, 3.63) is 18.3 Å². The molecule has 1 amide bonds. The van der Waals surface area contributed by atoms with E-state index in [0.717, 1.165) is 6.26 Å². The van der Waals surface area contributed by atoms with Gasteiger partial charge in [0.15, 0.2) is 14.9 Å². The highest BCUT2D eigenvalue weighted by Gasteiger charge is 2.26. The molecular weight excluding hydrogens is 266 g/mol. The summed E-state index contributed by atoms with van der Waals surface area (Å²) < 4.78 is 47.9. The van der Waals surface area contributed by atoms with E-state index in [1.54, 1.807) is 0 Å². The van der Waals surface area contributed by atoms with Gasteiger partial charge >= 0.3 is 0 Å². The zero-order chi connectivity index (χ0) is 14.0. The summed E-state index contributed by atoms with van der Waals surface area (Å²) in [5, 5.41) is 1.76. The Kier molecular flexibility index (Phi) is 4.00. The van der Waals surface area contributed by atoms with Crippen molar-refractivity contribution in [2.75, 3.05) is 11.6 Å². The number of hydrogen-bond acceptors (Lipinski definition) is 4. The lowest BCUT2D eigenvalue weighted by Crippen LogP contribution is -2.23. The molecule has 1 N–H and O–H groups in total. The van der Waals surface area contributed by atoms with Crippen LogP contribution in [-0.2, 0) is 14.6 Å². The first-order valence-corrected chi connectivity index (χ1v) is 6.81. The number of nitrogens with one attached hydrogen (secondary N) is 1. The minimum absolute atomic E-state index is 0.103. The van der Waals surface area contributed by atoms with Crippen LogP contribution in [0.1, 0.15) is 13.3 Å². The van der Waals surface area contributed by atoms with Crippen LogP contribution >= 0.6 is 0 Å². The van der Waals surface area contributed by atoms with Gasteiger partial charge in [-0.15, -0.1) is 0 Å². The smallest absolute Gasteiger partial charge is 0.254 e. The highest BCUT2D eigenvalue weighted by atomic mass is 32.2. The maximum atomic E-state index is 12.6. The second-order valence-corrected chi connectivity index (χ2v) is 5.85. The lowest BCUT2D eigenvalue weighted by atomic mass is 10.2. The molecule has 0 radical (unpaired) electrons. The summed E-state index contributed by atoms with van der Waals surface area (Å²) in [6.07, 6.45) is 1.13. The second kappa shape index (κ2) is 4.97. The average Bonchev–Trinajstić information content (AvgIpc) is 2.13. The third-order valence-electron chi connectivity index (χ3n) is 1.87. The van der Waals surface area contributed by atoms with Crippen molar-refractivity contribution in [1.29, 1.82) is 0 Å². The van der Waals surface area contributed by atoms with E-state index < -0.39 is 28.1 Å². The van der Waals surface area contributed by atoms with Crippen molar-refractivity contribution in [2.24, 2.45) is 0 Å². The van der Waals surface area contributed by atoms with Crippen molar-refractivity contribution in [1.82, 2.24) is 4.98 Å². The van der Waals surface area contributed by atoms with Crippen molar-refractivity contribution >= 4 is 21.4 Å². The van der Waals surface area contributed by atoms with Crippen LogP contribution in [0, 0.1) is 0 Å². The van der Waals surface area contributed by atoms with E-state index in [1.165, 1.54) is 18.3 Å². The van der Waals surface area contributed by atoms with Gasteiger partial charge in [-0.2, -0.15) is 0 Å². The summed E-state index contributed by atoms with van der Waals surface area (Å²) in [5.41, 5.74) is -0.103. The van der Waals surface area contributed by atoms with Gasteiger partial charge in [0.25, 0.3) is 5.92 Å². The van der Waals surface area contributed by atoms with Gasteiger partial charge < -0.3 is 5.32 Å². The molecule has 0 aliphatic carbocycles. The summed E-state index contributed by atoms with van der Waals surface area (Å²) in [5.74, 6) is -4.13. The molecule has 0 aliphatic heterocycles. The maximum Gasteiger partial charge on any atom is 0.254 e. The predicted octanol–water partition coefficient (Wildman–Crippen LogP) is 1.47. The van der Waals surface area contributed by atoms with Crippen LogP contribution in [0.5, 0.6) is 0 Å². The summed E-state index contributed by atoms with van der Waals surface area (Å²) in [6.45, 7) is 0.604. The van der Waals surface area contributed by atoms with Crippen LogP contribution in [0.4, 0.5) is 14.5 Å². The molecule has 0 aromatic carbocycles. The first-order chi connectivity index (χ1) is 8.09. The number of sulfone groups is 1. The average molecular weight is 278 g/mol. The largest absolute Gasteiger partial charge is 0.323 e. The van der Waals surface area contributed by atoms with Crippen molar-refractivity contribution in [2.45, 2.75) is 24.3 Å². The first kappa shape index (κ1) is 14.5. The number of halogens is 2. The van der Waals surface area contributed by atoms with Crippen LogP contribution in [0.3, 0.4) is 0 Å². The van der Waals surface area contributed by atoms with Gasteiger partial charge in [0.2, 0.25) is 5.91 Å². The quantitative estimate of drug-likeness (QED) is 0.904. The number of nitrogens with zero attached hydrogens (tertiary/aromatic N) is 1. The van der Waals surface area contributed by atoms with Crippen LogP contribution < -0.4 is 5.32 Å². The summed E-state index contributed by atoms with van der Waals surface area (Å²) >= 11 is 0. The summed E-state index contributed by atoms with van der Waals surface area (Å²) in [7, 11) is -3.64. The molecule has 0 saturated heterocycles. The zero-order valence-electron chi connectivity index (χ0n) is 9.78. The van der Waals surface area contributed by atoms with E-state index >= 15 is 0 Å². The monoisotopic (exact) mass is 278 g/mol. The Labute approximate surface area is 103 Å². The van der Waals surface area contributed by atoms with Crippen LogP contribution in [-0.4, -0.2) is 31.5 Å². The Hall–Kier alpha value is -1.57. The first-order valence-electron chi connectivity index (χ1n) is 4.92. The van der Waals surface area contributed by atoms with Gasteiger partial charge in [-0.3, -0.25) is 4.79 Å². The molecule has 5 nitrogen and oxygen atoms in total. The molecule has 1 aromatic rings. The van der Waals surface area contributed by atoms with Crippen LogP contribution in [0.2, 0.25) is 0 Å². The molecule has 18 heavy (non-hydrogen) atoms. The Morgan fingerprint density at radius 3 is 2.61 bits per heavy atom.